The molecule has 1 amide bonds. The molecular formula is C10H22N2O2. The van der Waals surface area contributed by atoms with Gasteiger partial charge in [0.15, 0.2) is 0 Å². The van der Waals surface area contributed by atoms with Crippen LogP contribution in [-0.4, -0.2) is 32.2 Å². The van der Waals surface area contributed by atoms with Crippen molar-refractivity contribution in [2.45, 2.75) is 38.6 Å². The average Bonchev–Trinajstić information content (AvgIpc) is 2.20. The second-order valence-electron chi connectivity index (χ2n) is 3.39. The lowest BCUT2D eigenvalue weighted by atomic mass is 10.1. The van der Waals surface area contributed by atoms with E-state index in [4.69, 9.17) is 10.5 Å². The molecule has 4 heteroatoms. The lowest BCUT2D eigenvalue weighted by molar-refractivity contribution is -0.122. The monoisotopic (exact) mass is 202 g/mol. The maximum atomic E-state index is 11.3. The molecule has 0 aromatic heterocycles. The van der Waals surface area contributed by atoms with E-state index in [2.05, 4.69) is 12.2 Å². The van der Waals surface area contributed by atoms with Gasteiger partial charge in [0, 0.05) is 20.3 Å². The molecule has 0 aromatic rings. The fraction of sp³-hybridized carbons (Fsp3) is 0.900. The smallest absolute Gasteiger partial charge is 0.236 e. The molecule has 0 radical (unpaired) electrons. The summed E-state index contributed by atoms with van der Waals surface area (Å²) in [6.45, 7) is 3.40. The molecule has 0 rings (SSSR count). The molecule has 0 aliphatic rings. The fourth-order valence-electron chi connectivity index (χ4n) is 1.11. The number of hydrogen-bond acceptors (Lipinski definition) is 3. The molecule has 84 valence electrons. The number of hydrogen-bond donors (Lipinski definition) is 2. The van der Waals surface area contributed by atoms with Crippen molar-refractivity contribution >= 4 is 5.91 Å². The Morgan fingerprint density at radius 3 is 2.79 bits per heavy atom. The van der Waals surface area contributed by atoms with Gasteiger partial charge in [-0.05, 0) is 12.8 Å². The zero-order valence-electron chi connectivity index (χ0n) is 9.21. The molecule has 14 heavy (non-hydrogen) atoms. The molecule has 3 N–H and O–H groups in total. The van der Waals surface area contributed by atoms with Crippen molar-refractivity contribution in [1.82, 2.24) is 5.32 Å². The Morgan fingerprint density at radius 1 is 1.50 bits per heavy atom. The van der Waals surface area contributed by atoms with E-state index >= 15 is 0 Å². The molecule has 4 nitrogen and oxygen atoms in total. The Balaban J connectivity index is 3.42. The Kier molecular flexibility index (Phi) is 8.57. The highest BCUT2D eigenvalue weighted by Gasteiger charge is 2.11. The molecule has 0 aromatic carbocycles. The van der Waals surface area contributed by atoms with Gasteiger partial charge in [0.1, 0.15) is 0 Å². The number of unbranched alkanes of at least 4 members (excludes halogenated alkanes) is 1. The summed E-state index contributed by atoms with van der Waals surface area (Å²) in [6.07, 6.45) is 3.69. The summed E-state index contributed by atoms with van der Waals surface area (Å²) in [4.78, 5) is 11.3. The van der Waals surface area contributed by atoms with Crippen LogP contribution in [0, 0.1) is 0 Å². The lowest BCUT2D eigenvalue weighted by Gasteiger charge is -2.11. The second kappa shape index (κ2) is 8.97. The highest BCUT2D eigenvalue weighted by Crippen LogP contribution is 1.97. The minimum atomic E-state index is -0.350. The third-order valence-electron chi connectivity index (χ3n) is 2.03. The predicted octanol–water partition coefficient (Wildman–Crippen LogP) is 0.657. The molecular weight excluding hydrogens is 180 g/mol. The normalized spacial score (nSPS) is 12.5. The molecule has 0 saturated heterocycles. The van der Waals surface area contributed by atoms with Crippen LogP contribution in [-0.2, 0) is 9.53 Å². The summed E-state index contributed by atoms with van der Waals surface area (Å²) in [7, 11) is 1.65. The van der Waals surface area contributed by atoms with Crippen molar-refractivity contribution in [3.8, 4) is 0 Å². The van der Waals surface area contributed by atoms with Gasteiger partial charge >= 0.3 is 0 Å². The van der Waals surface area contributed by atoms with E-state index in [0.717, 1.165) is 25.7 Å². The number of rotatable bonds is 8. The van der Waals surface area contributed by atoms with Gasteiger partial charge in [-0.1, -0.05) is 19.8 Å². The molecule has 0 spiro atoms. The van der Waals surface area contributed by atoms with Crippen molar-refractivity contribution < 1.29 is 9.53 Å². The van der Waals surface area contributed by atoms with E-state index in [1.54, 1.807) is 7.11 Å². The zero-order valence-corrected chi connectivity index (χ0v) is 9.21. The number of carbonyl (C=O) groups is 1. The minimum absolute atomic E-state index is 0.0467. The van der Waals surface area contributed by atoms with Crippen molar-refractivity contribution in [1.29, 1.82) is 0 Å². The summed E-state index contributed by atoms with van der Waals surface area (Å²) in [5.41, 5.74) is 5.67. The first-order chi connectivity index (χ1) is 6.72. The number of amides is 1. The third kappa shape index (κ3) is 6.86. The number of ether oxygens (including phenoxy) is 1. The van der Waals surface area contributed by atoms with Gasteiger partial charge in [0.05, 0.1) is 6.04 Å². The Hall–Kier alpha value is -0.610. The summed E-state index contributed by atoms with van der Waals surface area (Å²) < 4.78 is 4.87. The van der Waals surface area contributed by atoms with Crippen LogP contribution >= 0.6 is 0 Å². The van der Waals surface area contributed by atoms with E-state index in [1.807, 2.05) is 0 Å². The topological polar surface area (TPSA) is 64.4 Å². The van der Waals surface area contributed by atoms with Gasteiger partial charge < -0.3 is 15.8 Å². The fourth-order valence-corrected chi connectivity index (χ4v) is 1.11. The molecule has 0 aliphatic carbocycles. The van der Waals surface area contributed by atoms with Crippen LogP contribution in [0.15, 0.2) is 0 Å². The molecule has 1 atom stereocenters. The summed E-state index contributed by atoms with van der Waals surface area (Å²) >= 11 is 0. The Morgan fingerprint density at radius 2 is 2.21 bits per heavy atom. The van der Waals surface area contributed by atoms with Crippen LogP contribution in [0.25, 0.3) is 0 Å². The highest BCUT2D eigenvalue weighted by molar-refractivity contribution is 5.81. The van der Waals surface area contributed by atoms with Crippen molar-refractivity contribution in [2.75, 3.05) is 20.3 Å². The molecule has 0 heterocycles. The molecule has 0 bridgehead atoms. The van der Waals surface area contributed by atoms with E-state index in [1.165, 1.54) is 0 Å². The van der Waals surface area contributed by atoms with E-state index in [-0.39, 0.29) is 11.9 Å². The Labute approximate surface area is 86.2 Å². The molecule has 0 saturated carbocycles. The average molecular weight is 202 g/mol. The largest absolute Gasteiger partial charge is 0.385 e. The van der Waals surface area contributed by atoms with Crippen molar-refractivity contribution in [3.05, 3.63) is 0 Å². The lowest BCUT2D eigenvalue weighted by Crippen LogP contribution is -2.41. The minimum Gasteiger partial charge on any atom is -0.385 e. The summed E-state index contributed by atoms with van der Waals surface area (Å²) in [5.74, 6) is -0.0467. The van der Waals surface area contributed by atoms with Gasteiger partial charge in [-0.15, -0.1) is 0 Å². The standard InChI is InChI=1S/C10H22N2O2/c1-3-4-6-9(11)10(13)12-7-5-8-14-2/h9H,3-8,11H2,1-2H3,(H,12,13). The second-order valence-corrected chi connectivity index (χ2v) is 3.39. The van der Waals surface area contributed by atoms with Gasteiger partial charge in [-0.2, -0.15) is 0 Å². The molecule has 0 fully saturated rings. The van der Waals surface area contributed by atoms with Gasteiger partial charge in [-0.25, -0.2) is 0 Å². The van der Waals surface area contributed by atoms with Crippen LogP contribution in [0.3, 0.4) is 0 Å². The number of nitrogens with two attached hydrogens (primary N) is 1. The summed E-state index contributed by atoms with van der Waals surface area (Å²) in [6, 6.07) is -0.350. The van der Waals surface area contributed by atoms with Crippen LogP contribution in [0.1, 0.15) is 32.6 Å². The third-order valence-corrected chi connectivity index (χ3v) is 2.03. The molecule has 0 aliphatic heterocycles. The highest BCUT2D eigenvalue weighted by atomic mass is 16.5. The maximum Gasteiger partial charge on any atom is 0.236 e. The van der Waals surface area contributed by atoms with Crippen LogP contribution < -0.4 is 11.1 Å². The van der Waals surface area contributed by atoms with Crippen molar-refractivity contribution in [2.24, 2.45) is 5.73 Å². The maximum absolute atomic E-state index is 11.3. The van der Waals surface area contributed by atoms with Gasteiger partial charge in [-0.3, -0.25) is 4.79 Å². The number of methoxy groups -OCH3 is 1. The number of nitrogens with one attached hydrogen (secondary N) is 1. The van der Waals surface area contributed by atoms with Crippen LogP contribution in [0.5, 0.6) is 0 Å². The first-order valence-corrected chi connectivity index (χ1v) is 5.24. The quantitative estimate of drug-likeness (QED) is 0.568. The van der Waals surface area contributed by atoms with Crippen LogP contribution in [0.4, 0.5) is 0 Å². The van der Waals surface area contributed by atoms with Gasteiger partial charge in [0.2, 0.25) is 5.91 Å². The van der Waals surface area contributed by atoms with E-state index in [0.29, 0.717) is 13.2 Å². The first kappa shape index (κ1) is 13.4. The van der Waals surface area contributed by atoms with Crippen molar-refractivity contribution in [3.63, 3.8) is 0 Å². The SMILES string of the molecule is CCCCC(N)C(=O)NCCCOC. The Bertz CT molecular complexity index is 151. The zero-order chi connectivity index (χ0) is 10.8. The van der Waals surface area contributed by atoms with E-state index in [9.17, 15) is 4.79 Å². The number of carbonyl (C=O) groups excluding carboxylic acids is 1. The predicted molar refractivity (Wildman–Crippen MR) is 57.0 cm³/mol. The first-order valence-electron chi connectivity index (χ1n) is 5.24. The van der Waals surface area contributed by atoms with Gasteiger partial charge in [0.25, 0.3) is 0 Å². The molecule has 1 unspecified atom stereocenters. The van der Waals surface area contributed by atoms with Crippen LogP contribution in [0.2, 0.25) is 0 Å². The summed E-state index contributed by atoms with van der Waals surface area (Å²) in [5, 5.41) is 2.78. The van der Waals surface area contributed by atoms with E-state index < -0.39 is 0 Å².